The number of nitrogens with one attached hydrogen (secondary N) is 1. The standard InChI is InChI=1S/C24H16N2OS/c27-23(16-8-2-1-3-9-16)19(24-26-21-12-6-7-13-22(21)28-24)14-17-15-25-20-11-5-4-10-18(17)20/h1-15,25H/b19-14-. The van der Waals surface area contributed by atoms with E-state index < -0.39 is 0 Å². The zero-order valence-corrected chi connectivity index (χ0v) is 15.7. The Morgan fingerprint density at radius 1 is 0.893 bits per heavy atom. The topological polar surface area (TPSA) is 45.8 Å². The van der Waals surface area contributed by atoms with Crippen LogP contribution in [0.4, 0.5) is 0 Å². The van der Waals surface area contributed by atoms with E-state index in [4.69, 9.17) is 4.98 Å². The summed E-state index contributed by atoms with van der Waals surface area (Å²) in [6, 6.07) is 25.4. The van der Waals surface area contributed by atoms with Crippen LogP contribution in [-0.4, -0.2) is 15.8 Å². The van der Waals surface area contributed by atoms with Crippen molar-refractivity contribution >= 4 is 49.9 Å². The van der Waals surface area contributed by atoms with Crippen LogP contribution in [0.5, 0.6) is 0 Å². The molecule has 0 saturated carbocycles. The molecule has 0 aliphatic carbocycles. The Morgan fingerprint density at radius 3 is 2.50 bits per heavy atom. The highest BCUT2D eigenvalue weighted by molar-refractivity contribution is 7.20. The molecule has 0 atom stereocenters. The first-order chi connectivity index (χ1) is 13.8. The minimum atomic E-state index is -0.0232. The Balaban J connectivity index is 1.71. The van der Waals surface area contributed by atoms with Gasteiger partial charge in [0.1, 0.15) is 5.01 Å². The van der Waals surface area contributed by atoms with Crippen molar-refractivity contribution in [2.24, 2.45) is 0 Å². The highest BCUT2D eigenvalue weighted by Crippen LogP contribution is 2.32. The van der Waals surface area contributed by atoms with Gasteiger partial charge in [0.25, 0.3) is 0 Å². The van der Waals surface area contributed by atoms with E-state index in [1.165, 1.54) is 0 Å². The molecule has 134 valence electrons. The van der Waals surface area contributed by atoms with E-state index in [0.29, 0.717) is 11.1 Å². The SMILES string of the molecule is O=C(/C(=C/c1c[nH]c2ccccc12)c1nc2ccccc2s1)c1ccccc1. The number of hydrogen-bond donors (Lipinski definition) is 1. The Bertz CT molecular complexity index is 1300. The number of allylic oxidation sites excluding steroid dienone is 1. The minimum Gasteiger partial charge on any atom is -0.361 e. The van der Waals surface area contributed by atoms with Crippen LogP contribution in [0.3, 0.4) is 0 Å². The van der Waals surface area contributed by atoms with E-state index in [0.717, 1.165) is 31.7 Å². The molecule has 0 radical (unpaired) electrons. The van der Waals surface area contributed by atoms with Gasteiger partial charge in [-0.15, -0.1) is 11.3 Å². The number of aromatic nitrogens is 2. The Kier molecular flexibility index (Phi) is 4.11. The predicted molar refractivity (Wildman–Crippen MR) is 117 cm³/mol. The van der Waals surface area contributed by atoms with Gasteiger partial charge in [0.2, 0.25) is 0 Å². The lowest BCUT2D eigenvalue weighted by atomic mass is 10.0. The summed E-state index contributed by atoms with van der Waals surface area (Å²) in [6.07, 6.45) is 3.89. The summed E-state index contributed by atoms with van der Waals surface area (Å²) in [7, 11) is 0. The molecule has 0 bridgehead atoms. The molecule has 0 spiro atoms. The van der Waals surface area contributed by atoms with Crippen LogP contribution in [0, 0.1) is 0 Å². The predicted octanol–water partition coefficient (Wildman–Crippen LogP) is 6.20. The molecule has 1 N–H and O–H groups in total. The fourth-order valence-electron chi connectivity index (χ4n) is 3.33. The van der Waals surface area contributed by atoms with E-state index in [1.54, 1.807) is 11.3 Å². The van der Waals surface area contributed by atoms with Gasteiger partial charge >= 0.3 is 0 Å². The molecule has 5 rings (SSSR count). The van der Waals surface area contributed by atoms with E-state index in [9.17, 15) is 4.79 Å². The molecule has 4 heteroatoms. The van der Waals surface area contributed by atoms with Gasteiger partial charge in [0, 0.05) is 28.2 Å². The lowest BCUT2D eigenvalue weighted by Crippen LogP contribution is -2.02. The molecule has 0 saturated heterocycles. The number of rotatable bonds is 4. The lowest BCUT2D eigenvalue weighted by molar-refractivity contribution is 0.105. The summed E-state index contributed by atoms with van der Waals surface area (Å²) >= 11 is 1.55. The smallest absolute Gasteiger partial charge is 0.196 e. The summed E-state index contributed by atoms with van der Waals surface area (Å²) in [4.78, 5) is 21.4. The number of H-pyrrole nitrogens is 1. The summed E-state index contributed by atoms with van der Waals surface area (Å²) in [5, 5.41) is 1.82. The molecule has 2 aromatic heterocycles. The molecular formula is C24H16N2OS. The molecule has 0 amide bonds. The third-order valence-electron chi connectivity index (χ3n) is 4.73. The largest absolute Gasteiger partial charge is 0.361 e. The van der Waals surface area contributed by atoms with E-state index >= 15 is 0 Å². The second-order valence-corrected chi connectivity index (χ2v) is 7.56. The monoisotopic (exact) mass is 380 g/mol. The first-order valence-corrected chi connectivity index (χ1v) is 9.85. The number of carbonyl (C=O) groups excluding carboxylic acids is 1. The van der Waals surface area contributed by atoms with Crippen molar-refractivity contribution in [2.75, 3.05) is 0 Å². The number of thiazole rings is 1. The molecular weight excluding hydrogens is 364 g/mol. The average Bonchev–Trinajstić information content (AvgIpc) is 3.36. The number of carbonyl (C=O) groups is 1. The quantitative estimate of drug-likeness (QED) is 0.298. The van der Waals surface area contributed by atoms with Crippen molar-refractivity contribution in [3.8, 4) is 0 Å². The summed E-state index contributed by atoms with van der Waals surface area (Å²) < 4.78 is 1.07. The van der Waals surface area contributed by atoms with Gasteiger partial charge in [-0.05, 0) is 24.3 Å². The van der Waals surface area contributed by atoms with Gasteiger partial charge < -0.3 is 4.98 Å². The molecule has 3 aromatic carbocycles. The Hall–Kier alpha value is -3.50. The van der Waals surface area contributed by atoms with Crippen LogP contribution in [0.15, 0.2) is 85.1 Å². The highest BCUT2D eigenvalue weighted by atomic mass is 32.1. The van der Waals surface area contributed by atoms with Crippen molar-refractivity contribution < 1.29 is 4.79 Å². The fourth-order valence-corrected chi connectivity index (χ4v) is 4.30. The minimum absolute atomic E-state index is 0.0232. The zero-order chi connectivity index (χ0) is 18.9. The van der Waals surface area contributed by atoms with Crippen molar-refractivity contribution in [1.29, 1.82) is 0 Å². The molecule has 0 fully saturated rings. The number of aromatic amines is 1. The second-order valence-electron chi connectivity index (χ2n) is 6.53. The first kappa shape index (κ1) is 16.7. The molecule has 3 nitrogen and oxygen atoms in total. The molecule has 28 heavy (non-hydrogen) atoms. The molecule has 5 aromatic rings. The van der Waals surface area contributed by atoms with Gasteiger partial charge in [0.05, 0.1) is 15.8 Å². The Labute approximate surface area is 166 Å². The molecule has 0 aliphatic rings. The normalized spacial score (nSPS) is 11.9. The van der Waals surface area contributed by atoms with Crippen LogP contribution >= 0.6 is 11.3 Å². The zero-order valence-electron chi connectivity index (χ0n) is 14.9. The van der Waals surface area contributed by atoms with Gasteiger partial charge in [-0.2, -0.15) is 0 Å². The van der Waals surface area contributed by atoms with Crippen molar-refractivity contribution in [3.63, 3.8) is 0 Å². The number of ketones is 1. The molecule has 2 heterocycles. The summed E-state index contributed by atoms with van der Waals surface area (Å²) in [6.45, 7) is 0. The maximum absolute atomic E-state index is 13.4. The van der Waals surface area contributed by atoms with Gasteiger partial charge in [-0.1, -0.05) is 60.7 Å². The molecule has 0 aliphatic heterocycles. The van der Waals surface area contributed by atoms with Gasteiger partial charge in [0.15, 0.2) is 5.78 Å². The van der Waals surface area contributed by atoms with Crippen LogP contribution < -0.4 is 0 Å². The van der Waals surface area contributed by atoms with Crippen LogP contribution in [0.1, 0.15) is 20.9 Å². The van der Waals surface area contributed by atoms with E-state index in [2.05, 4.69) is 11.1 Å². The van der Waals surface area contributed by atoms with Crippen molar-refractivity contribution in [1.82, 2.24) is 9.97 Å². The van der Waals surface area contributed by atoms with Gasteiger partial charge in [-0.25, -0.2) is 4.98 Å². The molecule has 0 unspecified atom stereocenters. The van der Waals surface area contributed by atoms with Crippen LogP contribution in [0.2, 0.25) is 0 Å². The summed E-state index contributed by atoms with van der Waals surface area (Å²) in [5.74, 6) is -0.0232. The lowest BCUT2D eigenvalue weighted by Gasteiger charge is -2.04. The highest BCUT2D eigenvalue weighted by Gasteiger charge is 2.19. The average molecular weight is 380 g/mol. The second kappa shape index (κ2) is 6.91. The fraction of sp³-hybridized carbons (Fsp3) is 0. The first-order valence-electron chi connectivity index (χ1n) is 9.03. The van der Waals surface area contributed by atoms with E-state index in [1.807, 2.05) is 85.1 Å². The third kappa shape index (κ3) is 2.94. The number of benzene rings is 3. The summed E-state index contributed by atoms with van der Waals surface area (Å²) in [5.41, 5.74) is 4.21. The maximum Gasteiger partial charge on any atom is 0.196 e. The number of Topliss-reactive ketones (excluding diaryl/α,β-unsaturated/α-hetero) is 1. The number of nitrogens with zero attached hydrogens (tertiary/aromatic N) is 1. The van der Waals surface area contributed by atoms with Crippen LogP contribution in [0.25, 0.3) is 32.8 Å². The Morgan fingerprint density at radius 2 is 1.64 bits per heavy atom. The van der Waals surface area contributed by atoms with Crippen LogP contribution in [-0.2, 0) is 0 Å². The van der Waals surface area contributed by atoms with E-state index in [-0.39, 0.29) is 5.78 Å². The van der Waals surface area contributed by atoms with Crippen molar-refractivity contribution in [3.05, 3.63) is 101 Å². The van der Waals surface area contributed by atoms with Crippen molar-refractivity contribution in [2.45, 2.75) is 0 Å². The number of para-hydroxylation sites is 2. The van der Waals surface area contributed by atoms with Gasteiger partial charge in [-0.3, -0.25) is 4.79 Å². The number of fused-ring (bicyclic) bond motifs is 2. The third-order valence-corrected chi connectivity index (χ3v) is 5.80. The number of hydrogen-bond acceptors (Lipinski definition) is 3. The maximum atomic E-state index is 13.4.